The lowest BCUT2D eigenvalue weighted by Gasteiger charge is -2.01. The summed E-state index contributed by atoms with van der Waals surface area (Å²) in [7, 11) is 0. The monoisotopic (exact) mass is 306 g/mol. The summed E-state index contributed by atoms with van der Waals surface area (Å²) in [5, 5.41) is 11.2. The topological polar surface area (TPSA) is 20.2 Å². The Kier molecular flexibility index (Phi) is 4.83. The van der Waals surface area contributed by atoms with Gasteiger partial charge in [0.2, 0.25) is 0 Å². The van der Waals surface area contributed by atoms with E-state index in [2.05, 4.69) is 22.6 Å². The van der Waals surface area contributed by atoms with Crippen LogP contribution < -0.4 is 0 Å². The molecule has 1 unspecified atom stereocenters. The van der Waals surface area contributed by atoms with E-state index in [4.69, 9.17) is 0 Å². The highest BCUT2D eigenvalue weighted by atomic mass is 127. The third-order valence-corrected chi connectivity index (χ3v) is 4.00. The predicted octanol–water partition coefficient (Wildman–Crippen LogP) is 3.44. The Bertz CT molecular complexity index is 282. The molecule has 0 aromatic heterocycles. The minimum atomic E-state index is -0.364. The van der Waals surface area contributed by atoms with Crippen molar-refractivity contribution in [1.29, 1.82) is 0 Å². The summed E-state index contributed by atoms with van der Waals surface area (Å²) >= 11 is 3.78. The van der Waals surface area contributed by atoms with E-state index in [1.165, 1.54) is 4.90 Å². The van der Waals surface area contributed by atoms with E-state index in [1.807, 2.05) is 35.7 Å². The van der Waals surface area contributed by atoms with Crippen LogP contribution in [0.15, 0.2) is 44.2 Å². The molecule has 1 aromatic carbocycles. The molecule has 70 valence electrons. The Labute approximate surface area is 96.4 Å². The van der Waals surface area contributed by atoms with Crippen molar-refractivity contribution in [2.45, 2.75) is 17.9 Å². The van der Waals surface area contributed by atoms with Crippen molar-refractivity contribution in [2.24, 2.45) is 0 Å². The van der Waals surface area contributed by atoms with E-state index in [9.17, 15) is 5.11 Å². The summed E-state index contributed by atoms with van der Waals surface area (Å²) in [4.78, 5) is 1.19. The van der Waals surface area contributed by atoms with Crippen LogP contribution in [0.25, 0.3) is 0 Å². The molecule has 0 saturated carbocycles. The summed E-state index contributed by atoms with van der Waals surface area (Å²) in [5.41, 5.74) is 0. The third kappa shape index (κ3) is 4.15. The minimum absolute atomic E-state index is 0.364. The molecule has 0 heterocycles. The summed E-state index contributed by atoms with van der Waals surface area (Å²) < 4.78 is 0.964. The first kappa shape index (κ1) is 11.1. The van der Waals surface area contributed by atoms with Crippen LogP contribution in [0.5, 0.6) is 0 Å². The van der Waals surface area contributed by atoms with Crippen LogP contribution in [0.2, 0.25) is 0 Å². The maximum atomic E-state index is 9.21. The summed E-state index contributed by atoms with van der Waals surface area (Å²) in [6, 6.07) is 10.1. The van der Waals surface area contributed by atoms with E-state index in [0.717, 1.165) is 3.58 Å². The highest BCUT2D eigenvalue weighted by Crippen LogP contribution is 2.23. The fourth-order valence-corrected chi connectivity index (χ4v) is 1.86. The molecule has 0 amide bonds. The van der Waals surface area contributed by atoms with Crippen molar-refractivity contribution >= 4 is 34.4 Å². The van der Waals surface area contributed by atoms with E-state index < -0.39 is 0 Å². The molecule has 0 aliphatic rings. The van der Waals surface area contributed by atoms with Gasteiger partial charge < -0.3 is 5.11 Å². The highest BCUT2D eigenvalue weighted by molar-refractivity contribution is 14.1. The van der Waals surface area contributed by atoms with Gasteiger partial charge in [-0.2, -0.15) is 0 Å². The van der Waals surface area contributed by atoms with E-state index >= 15 is 0 Å². The van der Waals surface area contributed by atoms with Gasteiger partial charge in [0.05, 0.1) is 6.10 Å². The number of aliphatic hydroxyl groups excluding tert-OH is 1. The van der Waals surface area contributed by atoms with Crippen molar-refractivity contribution in [2.75, 3.05) is 0 Å². The van der Waals surface area contributed by atoms with Crippen LogP contribution >= 0.6 is 34.4 Å². The Balaban J connectivity index is 2.57. The van der Waals surface area contributed by atoms with Gasteiger partial charge >= 0.3 is 0 Å². The average molecular weight is 306 g/mol. The largest absolute Gasteiger partial charge is 0.388 e. The third-order valence-electron chi connectivity index (χ3n) is 1.45. The van der Waals surface area contributed by atoms with Crippen molar-refractivity contribution in [1.82, 2.24) is 0 Å². The van der Waals surface area contributed by atoms with Crippen molar-refractivity contribution < 1.29 is 5.11 Å². The van der Waals surface area contributed by atoms with Crippen LogP contribution in [-0.4, -0.2) is 11.2 Å². The Morgan fingerprint density at radius 3 is 2.62 bits per heavy atom. The maximum absolute atomic E-state index is 9.21. The first-order valence-electron chi connectivity index (χ1n) is 3.95. The van der Waals surface area contributed by atoms with Gasteiger partial charge in [-0.25, -0.2) is 0 Å². The fraction of sp³-hybridized carbons (Fsp3) is 0.200. The zero-order chi connectivity index (χ0) is 9.68. The highest BCUT2D eigenvalue weighted by Gasteiger charge is 1.99. The molecule has 13 heavy (non-hydrogen) atoms. The van der Waals surface area contributed by atoms with Gasteiger partial charge in [-0.3, -0.25) is 0 Å². The van der Waals surface area contributed by atoms with Crippen LogP contribution in [0, 0.1) is 0 Å². The van der Waals surface area contributed by atoms with Crippen molar-refractivity contribution in [3.05, 3.63) is 39.3 Å². The molecule has 1 atom stereocenters. The zero-order valence-electron chi connectivity index (χ0n) is 7.27. The van der Waals surface area contributed by atoms with Gasteiger partial charge in [0.1, 0.15) is 0 Å². The molecule has 1 N–H and O–H groups in total. The number of hydrogen-bond donors (Lipinski definition) is 1. The Hall–Kier alpha value is -0.000000000000000111. The molecular weight excluding hydrogens is 295 g/mol. The van der Waals surface area contributed by atoms with Crippen molar-refractivity contribution in [3.63, 3.8) is 0 Å². The Morgan fingerprint density at radius 2 is 2.08 bits per heavy atom. The molecule has 0 fully saturated rings. The molecule has 0 aliphatic carbocycles. The Morgan fingerprint density at radius 1 is 1.46 bits per heavy atom. The number of hydrogen-bond acceptors (Lipinski definition) is 2. The van der Waals surface area contributed by atoms with Gasteiger partial charge in [0.25, 0.3) is 0 Å². The van der Waals surface area contributed by atoms with Crippen LogP contribution in [0.1, 0.15) is 6.92 Å². The van der Waals surface area contributed by atoms with E-state index in [-0.39, 0.29) is 6.10 Å². The van der Waals surface area contributed by atoms with E-state index in [1.54, 1.807) is 18.7 Å². The van der Waals surface area contributed by atoms with Crippen LogP contribution in [0.3, 0.4) is 0 Å². The first-order chi connectivity index (χ1) is 6.20. The molecule has 0 spiro atoms. The average Bonchev–Trinajstić information content (AvgIpc) is 2.15. The number of benzene rings is 1. The second kappa shape index (κ2) is 5.67. The van der Waals surface area contributed by atoms with Crippen LogP contribution in [-0.2, 0) is 0 Å². The number of aliphatic hydroxyl groups is 1. The smallest absolute Gasteiger partial charge is 0.0823 e. The summed E-state index contributed by atoms with van der Waals surface area (Å²) in [5.74, 6) is 0. The number of thioether (sulfide) groups is 1. The molecule has 1 nitrogen and oxygen atoms in total. The lowest BCUT2D eigenvalue weighted by Crippen LogP contribution is -1.96. The lowest BCUT2D eigenvalue weighted by atomic mass is 10.4. The molecular formula is C10H11IOS. The van der Waals surface area contributed by atoms with Gasteiger partial charge in [-0.1, -0.05) is 30.0 Å². The molecule has 0 aliphatic heterocycles. The molecule has 0 saturated heterocycles. The molecule has 1 aromatic rings. The molecule has 3 heteroatoms. The quantitative estimate of drug-likeness (QED) is 0.682. The second-order valence-electron chi connectivity index (χ2n) is 2.61. The first-order valence-corrected chi connectivity index (χ1v) is 5.91. The molecule has 1 rings (SSSR count). The van der Waals surface area contributed by atoms with E-state index in [0.29, 0.717) is 0 Å². The zero-order valence-corrected chi connectivity index (χ0v) is 10.2. The number of halogens is 1. The van der Waals surface area contributed by atoms with Gasteiger partial charge in [-0.05, 0) is 47.1 Å². The molecule has 0 radical (unpaired) electrons. The number of rotatable bonds is 3. The minimum Gasteiger partial charge on any atom is -0.388 e. The van der Waals surface area contributed by atoms with Gasteiger partial charge in [0, 0.05) is 8.48 Å². The second-order valence-corrected chi connectivity index (χ2v) is 4.80. The van der Waals surface area contributed by atoms with Gasteiger partial charge in [0.15, 0.2) is 0 Å². The summed E-state index contributed by atoms with van der Waals surface area (Å²) in [6.07, 6.45) is -0.364. The standard InChI is InChI=1S/C10H11IOS/c1-8(12)10(11)7-13-9-5-3-2-4-6-9/h2-8,12H,1H3/b10-7-. The predicted molar refractivity (Wildman–Crippen MR) is 66.1 cm³/mol. The SMILES string of the molecule is CC(O)/C(I)=C/Sc1ccccc1. The normalized spacial score (nSPS) is 14.2. The van der Waals surface area contributed by atoms with Crippen molar-refractivity contribution in [3.8, 4) is 0 Å². The summed E-state index contributed by atoms with van der Waals surface area (Å²) in [6.45, 7) is 1.77. The van der Waals surface area contributed by atoms with Crippen LogP contribution in [0.4, 0.5) is 0 Å². The fourth-order valence-electron chi connectivity index (χ4n) is 0.722. The molecule has 0 bridgehead atoms. The maximum Gasteiger partial charge on any atom is 0.0823 e. The lowest BCUT2D eigenvalue weighted by molar-refractivity contribution is 0.242. The van der Waals surface area contributed by atoms with Gasteiger partial charge in [-0.15, -0.1) is 0 Å².